The molecule has 1 heterocycles. The van der Waals surface area contributed by atoms with Crippen LogP contribution in [0, 0.1) is 0 Å². The van der Waals surface area contributed by atoms with Gasteiger partial charge in [0, 0.05) is 17.8 Å². The fourth-order valence-electron chi connectivity index (χ4n) is 2.02. The van der Waals surface area contributed by atoms with Gasteiger partial charge in [0.15, 0.2) is 5.84 Å². The lowest BCUT2D eigenvalue weighted by atomic mass is 10.1. The Morgan fingerprint density at radius 3 is 2.81 bits per heavy atom. The summed E-state index contributed by atoms with van der Waals surface area (Å²) in [7, 11) is 0. The highest BCUT2D eigenvalue weighted by atomic mass is 32.1. The van der Waals surface area contributed by atoms with Gasteiger partial charge in [-0.25, -0.2) is 4.98 Å². The number of hydrogen-bond acceptors (Lipinski definition) is 5. The molecule has 0 unspecified atom stereocenters. The summed E-state index contributed by atoms with van der Waals surface area (Å²) < 4.78 is 1.17. The monoisotopic (exact) mass is 298 g/mol. The van der Waals surface area contributed by atoms with Crippen LogP contribution >= 0.6 is 11.3 Å². The molecule has 5 nitrogen and oxygen atoms in total. The van der Waals surface area contributed by atoms with Crippen LogP contribution < -0.4 is 11.1 Å². The van der Waals surface area contributed by atoms with Crippen LogP contribution in [0.15, 0.2) is 53.1 Å². The minimum atomic E-state index is 0.116. The highest BCUT2D eigenvalue weighted by Crippen LogP contribution is 2.22. The topological polar surface area (TPSA) is 83.5 Å². The van der Waals surface area contributed by atoms with E-state index in [0.29, 0.717) is 12.1 Å². The molecule has 0 aliphatic heterocycles. The lowest BCUT2D eigenvalue weighted by Crippen LogP contribution is -2.12. The summed E-state index contributed by atoms with van der Waals surface area (Å²) in [6, 6.07) is 13.7. The van der Waals surface area contributed by atoms with Gasteiger partial charge in [-0.05, 0) is 23.8 Å². The Bertz CT molecular complexity index is 780. The molecule has 0 fully saturated rings. The molecule has 2 aromatic carbocycles. The lowest BCUT2D eigenvalue weighted by molar-refractivity contribution is 0.318. The van der Waals surface area contributed by atoms with Gasteiger partial charge in [0.25, 0.3) is 0 Å². The molecule has 6 heteroatoms. The molecule has 21 heavy (non-hydrogen) atoms. The van der Waals surface area contributed by atoms with Crippen LogP contribution in [0.4, 0.5) is 5.69 Å². The smallest absolute Gasteiger partial charge is 0.170 e. The number of anilines is 1. The Balaban J connectivity index is 1.69. The number of nitrogens with two attached hydrogens (primary N) is 1. The van der Waals surface area contributed by atoms with Crippen molar-refractivity contribution >= 4 is 33.1 Å². The van der Waals surface area contributed by atoms with E-state index in [1.807, 2.05) is 41.9 Å². The molecule has 0 saturated carbocycles. The maximum Gasteiger partial charge on any atom is 0.170 e. The lowest BCUT2D eigenvalue weighted by Gasteiger charge is -2.07. The fraction of sp³-hybridized carbons (Fsp3) is 0.0667. The number of nitrogens with zero attached hydrogens (tertiary/aromatic N) is 2. The summed E-state index contributed by atoms with van der Waals surface area (Å²) in [4.78, 5) is 4.26. The Kier molecular flexibility index (Phi) is 3.70. The molecule has 3 rings (SSSR count). The third kappa shape index (κ3) is 2.95. The van der Waals surface area contributed by atoms with Gasteiger partial charge in [-0.2, -0.15) is 0 Å². The predicted molar refractivity (Wildman–Crippen MR) is 85.9 cm³/mol. The van der Waals surface area contributed by atoms with Crippen LogP contribution in [0.1, 0.15) is 11.1 Å². The van der Waals surface area contributed by atoms with Crippen LogP contribution in [0.25, 0.3) is 10.2 Å². The molecule has 0 spiro atoms. The third-order valence-corrected chi connectivity index (χ3v) is 3.98. The molecule has 4 N–H and O–H groups in total. The van der Waals surface area contributed by atoms with Gasteiger partial charge in [-0.15, -0.1) is 11.3 Å². The average Bonchev–Trinajstić information content (AvgIpc) is 3.00. The van der Waals surface area contributed by atoms with Gasteiger partial charge in [-0.3, -0.25) is 0 Å². The SMILES string of the molecule is N/C(=N/O)c1ccc(CNc2ccc3ncsc3c2)cc1. The normalized spacial score (nSPS) is 11.7. The van der Waals surface area contributed by atoms with Crippen LogP contribution in [0.2, 0.25) is 0 Å². The van der Waals surface area contributed by atoms with E-state index >= 15 is 0 Å². The molecule has 1 aromatic heterocycles. The molecule has 106 valence electrons. The summed E-state index contributed by atoms with van der Waals surface area (Å²) in [5.74, 6) is 0.116. The van der Waals surface area contributed by atoms with E-state index in [1.165, 1.54) is 4.70 Å². The highest BCUT2D eigenvalue weighted by molar-refractivity contribution is 7.16. The van der Waals surface area contributed by atoms with Crippen LogP contribution in [0.5, 0.6) is 0 Å². The van der Waals surface area contributed by atoms with Gasteiger partial charge in [-0.1, -0.05) is 29.4 Å². The predicted octanol–water partition coefficient (Wildman–Crippen LogP) is 3.00. The summed E-state index contributed by atoms with van der Waals surface area (Å²) in [6.07, 6.45) is 0. The summed E-state index contributed by atoms with van der Waals surface area (Å²) in [5.41, 5.74) is 11.3. The van der Waals surface area contributed by atoms with Crippen molar-refractivity contribution < 1.29 is 5.21 Å². The van der Waals surface area contributed by atoms with E-state index < -0.39 is 0 Å². The Labute approximate surface area is 125 Å². The summed E-state index contributed by atoms with van der Waals surface area (Å²) in [6.45, 7) is 0.709. The van der Waals surface area contributed by atoms with Crippen molar-refractivity contribution in [2.24, 2.45) is 10.9 Å². The molecule has 0 aliphatic carbocycles. The van der Waals surface area contributed by atoms with Crippen molar-refractivity contribution in [1.29, 1.82) is 0 Å². The van der Waals surface area contributed by atoms with Crippen LogP contribution in [-0.4, -0.2) is 16.0 Å². The standard InChI is InChI=1S/C15H14N4OS/c16-15(19-20)11-3-1-10(2-4-11)8-17-12-5-6-13-14(7-12)21-9-18-13/h1-7,9,17,20H,8H2,(H2,16,19). The second-order valence-electron chi connectivity index (χ2n) is 4.57. The van der Waals surface area contributed by atoms with Crippen molar-refractivity contribution in [3.8, 4) is 0 Å². The Morgan fingerprint density at radius 2 is 2.05 bits per heavy atom. The number of nitrogens with one attached hydrogen (secondary N) is 1. The fourth-order valence-corrected chi connectivity index (χ4v) is 2.74. The number of fused-ring (bicyclic) bond motifs is 1. The zero-order valence-corrected chi connectivity index (χ0v) is 12.0. The quantitative estimate of drug-likeness (QED) is 0.299. The number of amidine groups is 1. The minimum absolute atomic E-state index is 0.116. The second-order valence-corrected chi connectivity index (χ2v) is 5.46. The van der Waals surface area contributed by atoms with Gasteiger partial charge >= 0.3 is 0 Å². The molecular formula is C15H14N4OS. The zero-order chi connectivity index (χ0) is 14.7. The van der Waals surface area contributed by atoms with Crippen molar-refractivity contribution in [2.45, 2.75) is 6.54 Å². The van der Waals surface area contributed by atoms with E-state index in [-0.39, 0.29) is 5.84 Å². The third-order valence-electron chi connectivity index (χ3n) is 3.19. The molecule has 0 bridgehead atoms. The summed E-state index contributed by atoms with van der Waals surface area (Å²) in [5, 5.41) is 15.0. The molecule has 0 aliphatic rings. The molecule has 3 aromatic rings. The van der Waals surface area contributed by atoms with E-state index in [1.54, 1.807) is 11.3 Å². The van der Waals surface area contributed by atoms with Crippen molar-refractivity contribution in [3.05, 3.63) is 59.1 Å². The number of benzene rings is 2. The molecule has 0 saturated heterocycles. The second kappa shape index (κ2) is 5.80. The first-order valence-electron chi connectivity index (χ1n) is 6.40. The number of aromatic nitrogens is 1. The zero-order valence-electron chi connectivity index (χ0n) is 11.2. The number of rotatable bonds is 4. The van der Waals surface area contributed by atoms with Gasteiger partial charge in [0.2, 0.25) is 0 Å². The number of thiazole rings is 1. The largest absolute Gasteiger partial charge is 0.409 e. The number of oxime groups is 1. The Hall–Kier alpha value is -2.60. The number of hydrogen-bond donors (Lipinski definition) is 3. The molecule has 0 amide bonds. The maximum atomic E-state index is 8.62. The van der Waals surface area contributed by atoms with Gasteiger partial charge < -0.3 is 16.3 Å². The Morgan fingerprint density at radius 1 is 1.24 bits per heavy atom. The first-order valence-corrected chi connectivity index (χ1v) is 7.28. The van der Waals surface area contributed by atoms with E-state index in [0.717, 1.165) is 16.8 Å². The van der Waals surface area contributed by atoms with Crippen LogP contribution in [0.3, 0.4) is 0 Å². The first-order chi connectivity index (χ1) is 10.3. The van der Waals surface area contributed by atoms with Crippen molar-refractivity contribution in [3.63, 3.8) is 0 Å². The van der Waals surface area contributed by atoms with Crippen molar-refractivity contribution in [2.75, 3.05) is 5.32 Å². The van der Waals surface area contributed by atoms with E-state index in [4.69, 9.17) is 10.9 Å². The van der Waals surface area contributed by atoms with E-state index in [2.05, 4.69) is 21.5 Å². The van der Waals surface area contributed by atoms with Gasteiger partial charge in [0.05, 0.1) is 15.7 Å². The maximum absolute atomic E-state index is 8.62. The minimum Gasteiger partial charge on any atom is -0.409 e. The van der Waals surface area contributed by atoms with Crippen LogP contribution in [-0.2, 0) is 6.54 Å². The van der Waals surface area contributed by atoms with Crippen molar-refractivity contribution in [1.82, 2.24) is 4.98 Å². The first kappa shape index (κ1) is 13.4. The average molecular weight is 298 g/mol. The van der Waals surface area contributed by atoms with Gasteiger partial charge in [0.1, 0.15) is 0 Å². The van der Waals surface area contributed by atoms with E-state index in [9.17, 15) is 0 Å². The molecule has 0 atom stereocenters. The molecule has 0 radical (unpaired) electrons. The highest BCUT2D eigenvalue weighted by Gasteiger charge is 2.01. The summed E-state index contributed by atoms with van der Waals surface area (Å²) >= 11 is 1.63. The molecular weight excluding hydrogens is 284 g/mol.